The molecule has 296 valence electrons. The number of rotatable bonds is 39. The van der Waals surface area contributed by atoms with Gasteiger partial charge in [-0.2, -0.15) is 0 Å². The summed E-state index contributed by atoms with van der Waals surface area (Å²) in [7, 11) is -4.33. The van der Waals surface area contributed by atoms with Crippen LogP contribution in [0.1, 0.15) is 200 Å². The number of phosphoric acid groups is 1. The first-order valence-corrected chi connectivity index (χ1v) is 22.5. The Bertz CT molecular complexity index is 840. The molecule has 0 heterocycles. The van der Waals surface area contributed by atoms with Crippen molar-refractivity contribution >= 4 is 13.7 Å². The van der Waals surface area contributed by atoms with Crippen LogP contribution in [0.2, 0.25) is 0 Å². The third-order valence-electron chi connectivity index (χ3n) is 9.27. The van der Waals surface area contributed by atoms with Gasteiger partial charge >= 0.3 is 7.82 Å². The van der Waals surface area contributed by atoms with Crippen LogP contribution in [0, 0.1) is 0 Å². The van der Waals surface area contributed by atoms with E-state index in [0.29, 0.717) is 6.42 Å². The summed E-state index contributed by atoms with van der Waals surface area (Å²) in [5, 5.41) is 13.6. The highest BCUT2D eigenvalue weighted by atomic mass is 31.2. The SMILES string of the molecule is CCCC/C=C\CCCCCCCC(=O)NC(COP(=O)(O)OCCN)C(O)/C=C/CCCCCCCCCCCCCCCCCCCC. The van der Waals surface area contributed by atoms with Gasteiger partial charge < -0.3 is 21.1 Å². The summed E-state index contributed by atoms with van der Waals surface area (Å²) in [6, 6.07) is -0.861. The van der Waals surface area contributed by atoms with Crippen molar-refractivity contribution in [2.24, 2.45) is 5.73 Å². The first kappa shape index (κ1) is 49.0. The number of hydrogen-bond acceptors (Lipinski definition) is 6. The zero-order chi connectivity index (χ0) is 36.8. The molecule has 0 aromatic heterocycles. The number of unbranched alkanes of at least 4 members (excludes halogenated alkanes) is 25. The van der Waals surface area contributed by atoms with Crippen molar-refractivity contribution in [2.75, 3.05) is 19.8 Å². The lowest BCUT2D eigenvalue weighted by Crippen LogP contribution is -2.45. The van der Waals surface area contributed by atoms with Crippen molar-refractivity contribution < 1.29 is 28.4 Å². The summed E-state index contributed by atoms with van der Waals surface area (Å²) < 4.78 is 22.1. The Hall–Kier alpha value is -1.02. The molecular formula is C41H81N2O6P. The van der Waals surface area contributed by atoms with Crippen LogP contribution in [0.3, 0.4) is 0 Å². The molecule has 0 aliphatic heterocycles. The van der Waals surface area contributed by atoms with Crippen LogP contribution in [0.5, 0.6) is 0 Å². The summed E-state index contributed by atoms with van der Waals surface area (Å²) in [6.07, 6.45) is 42.3. The van der Waals surface area contributed by atoms with Crippen molar-refractivity contribution in [3.63, 3.8) is 0 Å². The number of hydrogen-bond donors (Lipinski definition) is 4. The lowest BCUT2D eigenvalue weighted by molar-refractivity contribution is -0.123. The summed E-state index contributed by atoms with van der Waals surface area (Å²) in [4.78, 5) is 22.6. The monoisotopic (exact) mass is 729 g/mol. The fourth-order valence-corrected chi connectivity index (χ4v) is 6.81. The van der Waals surface area contributed by atoms with E-state index in [9.17, 15) is 19.4 Å². The molecule has 0 saturated heterocycles. The molecule has 3 atom stereocenters. The van der Waals surface area contributed by atoms with Gasteiger partial charge in [0.15, 0.2) is 0 Å². The number of aliphatic hydroxyl groups is 1. The highest BCUT2D eigenvalue weighted by Crippen LogP contribution is 2.43. The number of amides is 1. The van der Waals surface area contributed by atoms with E-state index in [1.54, 1.807) is 6.08 Å². The van der Waals surface area contributed by atoms with Crippen LogP contribution in [0.15, 0.2) is 24.3 Å². The average molecular weight is 729 g/mol. The molecule has 5 N–H and O–H groups in total. The molecule has 0 aliphatic carbocycles. The van der Waals surface area contributed by atoms with Crippen LogP contribution in [-0.4, -0.2) is 47.8 Å². The third-order valence-corrected chi connectivity index (χ3v) is 10.3. The normalized spacial score (nSPS) is 14.4. The molecule has 0 aromatic carbocycles. The molecular weight excluding hydrogens is 647 g/mol. The van der Waals surface area contributed by atoms with Gasteiger partial charge in [-0.15, -0.1) is 0 Å². The van der Waals surface area contributed by atoms with Gasteiger partial charge in [-0.3, -0.25) is 13.8 Å². The molecule has 0 aromatic rings. The summed E-state index contributed by atoms with van der Waals surface area (Å²) in [6.45, 7) is 4.09. The minimum absolute atomic E-state index is 0.0779. The highest BCUT2D eigenvalue weighted by molar-refractivity contribution is 7.47. The smallest absolute Gasteiger partial charge is 0.387 e. The van der Waals surface area contributed by atoms with E-state index in [1.807, 2.05) is 6.08 Å². The maximum atomic E-state index is 12.7. The Morgan fingerprint density at radius 1 is 0.640 bits per heavy atom. The second-order valence-corrected chi connectivity index (χ2v) is 15.7. The largest absolute Gasteiger partial charge is 0.472 e. The number of carbonyl (C=O) groups excluding carboxylic acids is 1. The Labute approximate surface area is 308 Å². The molecule has 0 spiro atoms. The van der Waals surface area contributed by atoms with E-state index in [-0.39, 0.29) is 25.7 Å². The minimum atomic E-state index is -4.33. The molecule has 3 unspecified atom stereocenters. The van der Waals surface area contributed by atoms with Crippen LogP contribution < -0.4 is 11.1 Å². The van der Waals surface area contributed by atoms with Gasteiger partial charge in [0.25, 0.3) is 0 Å². The second kappa shape index (κ2) is 37.7. The molecule has 0 saturated carbocycles. The zero-order valence-electron chi connectivity index (χ0n) is 32.6. The van der Waals surface area contributed by atoms with E-state index in [1.165, 1.54) is 128 Å². The molecule has 0 aliphatic rings. The molecule has 50 heavy (non-hydrogen) atoms. The van der Waals surface area contributed by atoms with Gasteiger partial charge in [0, 0.05) is 13.0 Å². The van der Waals surface area contributed by atoms with E-state index >= 15 is 0 Å². The van der Waals surface area contributed by atoms with Gasteiger partial charge in [0.1, 0.15) is 0 Å². The Morgan fingerprint density at radius 2 is 1.06 bits per heavy atom. The van der Waals surface area contributed by atoms with Crippen molar-refractivity contribution in [1.29, 1.82) is 0 Å². The van der Waals surface area contributed by atoms with Crippen LogP contribution in [0.4, 0.5) is 0 Å². The standard InChI is InChI=1S/C41H81N2O6P/c1-3-5-7-9-11-13-15-16-17-18-19-20-21-22-23-25-26-28-30-32-34-40(44)39(38-49-50(46,47)48-37-36-42)43-41(45)35-33-31-29-27-24-14-12-10-8-6-4-2/h10,12,32,34,39-40,44H,3-9,11,13-31,33,35-38,42H2,1-2H3,(H,43,45)(H,46,47)/b12-10-,34-32+. The molecule has 8 nitrogen and oxygen atoms in total. The maximum absolute atomic E-state index is 12.7. The Kier molecular flexibility index (Phi) is 37.0. The number of nitrogens with two attached hydrogens (primary N) is 1. The van der Waals surface area contributed by atoms with E-state index in [0.717, 1.165) is 51.4 Å². The zero-order valence-corrected chi connectivity index (χ0v) is 33.5. The minimum Gasteiger partial charge on any atom is -0.387 e. The Morgan fingerprint density at radius 3 is 1.54 bits per heavy atom. The van der Waals surface area contributed by atoms with Crippen molar-refractivity contribution in [3.8, 4) is 0 Å². The lowest BCUT2D eigenvalue weighted by Gasteiger charge is -2.23. The van der Waals surface area contributed by atoms with Gasteiger partial charge in [0.05, 0.1) is 25.4 Å². The van der Waals surface area contributed by atoms with Gasteiger partial charge in [-0.05, 0) is 38.5 Å². The summed E-state index contributed by atoms with van der Waals surface area (Å²) >= 11 is 0. The summed E-state index contributed by atoms with van der Waals surface area (Å²) in [5.41, 5.74) is 5.36. The first-order chi connectivity index (χ1) is 24.4. The predicted octanol–water partition coefficient (Wildman–Crippen LogP) is 11.4. The molecule has 0 fully saturated rings. The van der Waals surface area contributed by atoms with Crippen LogP contribution in [0.25, 0.3) is 0 Å². The topological polar surface area (TPSA) is 131 Å². The molecule has 0 radical (unpaired) electrons. The molecule has 9 heteroatoms. The maximum Gasteiger partial charge on any atom is 0.472 e. The number of carbonyl (C=O) groups is 1. The second-order valence-electron chi connectivity index (χ2n) is 14.2. The Balaban J connectivity index is 4.18. The summed E-state index contributed by atoms with van der Waals surface area (Å²) in [5.74, 6) is -0.205. The van der Waals surface area contributed by atoms with Crippen molar-refractivity contribution in [2.45, 2.75) is 212 Å². The van der Waals surface area contributed by atoms with E-state index in [2.05, 4.69) is 31.3 Å². The van der Waals surface area contributed by atoms with E-state index < -0.39 is 20.0 Å². The van der Waals surface area contributed by atoms with Gasteiger partial charge in [-0.1, -0.05) is 179 Å². The van der Waals surface area contributed by atoms with Crippen molar-refractivity contribution in [3.05, 3.63) is 24.3 Å². The predicted molar refractivity (Wildman–Crippen MR) is 212 cm³/mol. The van der Waals surface area contributed by atoms with E-state index in [4.69, 9.17) is 14.8 Å². The quantitative estimate of drug-likeness (QED) is 0.0281. The number of nitrogens with one attached hydrogen (secondary N) is 1. The van der Waals surface area contributed by atoms with Gasteiger partial charge in [-0.25, -0.2) is 4.57 Å². The highest BCUT2D eigenvalue weighted by Gasteiger charge is 2.26. The number of allylic oxidation sites excluding steroid dienone is 3. The number of phosphoric ester groups is 1. The average Bonchev–Trinajstić information content (AvgIpc) is 3.10. The third kappa shape index (κ3) is 35.4. The van der Waals surface area contributed by atoms with Crippen LogP contribution >= 0.6 is 7.82 Å². The molecule has 0 bridgehead atoms. The van der Waals surface area contributed by atoms with Crippen molar-refractivity contribution in [1.82, 2.24) is 5.32 Å². The molecule has 1 amide bonds. The fraction of sp³-hybridized carbons (Fsp3) is 0.878. The number of aliphatic hydroxyl groups excluding tert-OH is 1. The van der Waals surface area contributed by atoms with Gasteiger partial charge in [0.2, 0.25) is 5.91 Å². The van der Waals surface area contributed by atoms with Crippen LogP contribution in [-0.2, 0) is 18.4 Å². The lowest BCUT2D eigenvalue weighted by atomic mass is 10.0. The first-order valence-electron chi connectivity index (χ1n) is 21.0. The fourth-order valence-electron chi connectivity index (χ4n) is 6.05. The molecule has 0 rings (SSSR count).